The molecule has 5 atom stereocenters. The van der Waals surface area contributed by atoms with Gasteiger partial charge < -0.3 is 18.9 Å². The minimum absolute atomic E-state index is 0.0454. The Labute approximate surface area is 221 Å². The molecule has 0 aromatic carbocycles. The zero-order valence-corrected chi connectivity index (χ0v) is 26.6. The molecule has 5 rings (SSSR count). The van der Waals surface area contributed by atoms with E-state index in [1.165, 1.54) is 0 Å². The van der Waals surface area contributed by atoms with Gasteiger partial charge >= 0.3 is 0 Å². The van der Waals surface area contributed by atoms with Gasteiger partial charge in [-0.05, 0) is 38.5 Å². The molecule has 0 amide bonds. The summed E-state index contributed by atoms with van der Waals surface area (Å²) in [5.74, 6) is 0. The second-order valence-electron chi connectivity index (χ2n) is 17.3. The standard InChI is InChI=1S/C32H56O4/c1-21(2)22(3,4)28(14)30(16,35-28)25(9,10)27(21,13)20-33-18-32(19-34-20)24(7,8)23(5,6)29(15)31(17,36-29)26(32,11)12/h20H,18-19H2,1-17H3. The van der Waals surface area contributed by atoms with Crippen LogP contribution in [0.1, 0.15) is 118 Å². The minimum Gasteiger partial charge on any atom is -0.362 e. The van der Waals surface area contributed by atoms with E-state index in [9.17, 15) is 0 Å². The highest BCUT2D eigenvalue weighted by Gasteiger charge is 2.90. The fourth-order valence-corrected chi connectivity index (χ4v) is 10.8. The summed E-state index contributed by atoms with van der Waals surface area (Å²) >= 11 is 0. The Morgan fingerprint density at radius 3 is 1.14 bits per heavy atom. The SMILES string of the molecule is CC1(C)C(C)(C)C2(C)OC2(C)C(C)(C)C12COC(C1(C)C(C)(C)C(C)(C)C3(C)OC3(C)C1(C)C)OC2. The summed E-state index contributed by atoms with van der Waals surface area (Å²) in [5, 5.41) is 0. The van der Waals surface area contributed by atoms with Crippen molar-refractivity contribution in [2.24, 2.45) is 43.3 Å². The van der Waals surface area contributed by atoms with Crippen molar-refractivity contribution in [2.45, 2.75) is 146 Å². The lowest BCUT2D eigenvalue weighted by molar-refractivity contribution is -0.374. The van der Waals surface area contributed by atoms with Gasteiger partial charge in [0.2, 0.25) is 0 Å². The van der Waals surface area contributed by atoms with Crippen LogP contribution in [0.5, 0.6) is 0 Å². The molecule has 208 valence electrons. The Morgan fingerprint density at radius 1 is 0.389 bits per heavy atom. The van der Waals surface area contributed by atoms with Gasteiger partial charge in [0.05, 0.1) is 13.2 Å². The largest absolute Gasteiger partial charge is 0.362 e. The summed E-state index contributed by atoms with van der Waals surface area (Å²) in [4.78, 5) is 0. The van der Waals surface area contributed by atoms with Crippen LogP contribution in [0.25, 0.3) is 0 Å². The van der Waals surface area contributed by atoms with Crippen molar-refractivity contribution in [1.29, 1.82) is 0 Å². The quantitative estimate of drug-likeness (QED) is 0.344. The fraction of sp³-hybridized carbons (Fsp3) is 1.00. The Balaban J connectivity index is 1.57. The Bertz CT molecular complexity index is 1010. The number of ether oxygens (including phenoxy) is 4. The second-order valence-corrected chi connectivity index (χ2v) is 17.3. The second kappa shape index (κ2) is 6.11. The van der Waals surface area contributed by atoms with E-state index in [2.05, 4.69) is 118 Å². The van der Waals surface area contributed by atoms with Gasteiger partial charge in [0.25, 0.3) is 0 Å². The van der Waals surface area contributed by atoms with Gasteiger partial charge in [0.1, 0.15) is 22.4 Å². The summed E-state index contributed by atoms with van der Waals surface area (Å²) in [6.07, 6.45) is -0.311. The summed E-state index contributed by atoms with van der Waals surface area (Å²) in [5.41, 5.74) is -1.83. The topological polar surface area (TPSA) is 43.5 Å². The lowest BCUT2D eigenvalue weighted by Crippen LogP contribution is -2.76. The van der Waals surface area contributed by atoms with Crippen molar-refractivity contribution >= 4 is 0 Å². The minimum atomic E-state index is -0.311. The molecule has 1 spiro atoms. The van der Waals surface area contributed by atoms with Gasteiger partial charge in [-0.25, -0.2) is 0 Å². The molecule has 0 aromatic rings. The highest BCUT2D eigenvalue weighted by molar-refractivity contribution is 5.36. The molecule has 4 heteroatoms. The van der Waals surface area contributed by atoms with E-state index >= 15 is 0 Å². The van der Waals surface area contributed by atoms with Gasteiger partial charge in [-0.15, -0.1) is 0 Å². The van der Waals surface area contributed by atoms with Crippen molar-refractivity contribution < 1.29 is 18.9 Å². The molecule has 3 aliphatic heterocycles. The lowest BCUT2D eigenvalue weighted by Gasteiger charge is -2.71. The monoisotopic (exact) mass is 504 g/mol. The molecule has 2 aliphatic carbocycles. The number of hydrogen-bond donors (Lipinski definition) is 0. The van der Waals surface area contributed by atoms with E-state index in [1.54, 1.807) is 0 Å². The first-order chi connectivity index (χ1) is 15.7. The molecule has 0 N–H and O–H groups in total. The molecule has 36 heavy (non-hydrogen) atoms. The van der Waals surface area contributed by atoms with Crippen LogP contribution in [-0.4, -0.2) is 41.9 Å². The zero-order chi connectivity index (χ0) is 27.8. The summed E-state index contributed by atoms with van der Waals surface area (Å²) in [7, 11) is 0. The summed E-state index contributed by atoms with van der Waals surface area (Å²) < 4.78 is 27.6. The van der Waals surface area contributed by atoms with Gasteiger partial charge in [-0.1, -0.05) is 90.0 Å². The first-order valence-corrected chi connectivity index (χ1v) is 14.4. The Morgan fingerprint density at radius 2 is 0.722 bits per heavy atom. The highest BCUT2D eigenvalue weighted by Crippen LogP contribution is 2.84. The molecule has 5 aliphatic rings. The van der Waals surface area contributed by atoms with E-state index in [0.29, 0.717) is 13.2 Å². The van der Waals surface area contributed by atoms with Crippen LogP contribution in [-0.2, 0) is 18.9 Å². The van der Waals surface area contributed by atoms with Crippen LogP contribution in [0.3, 0.4) is 0 Å². The van der Waals surface area contributed by atoms with Crippen molar-refractivity contribution in [3.8, 4) is 0 Å². The molecule has 0 bridgehead atoms. The first-order valence-electron chi connectivity index (χ1n) is 14.4. The van der Waals surface area contributed by atoms with Crippen LogP contribution in [0.2, 0.25) is 0 Å². The van der Waals surface area contributed by atoms with E-state index in [0.717, 1.165) is 0 Å². The van der Waals surface area contributed by atoms with E-state index in [4.69, 9.17) is 18.9 Å². The molecule has 0 radical (unpaired) electrons. The zero-order valence-electron chi connectivity index (χ0n) is 26.6. The van der Waals surface area contributed by atoms with Gasteiger partial charge in [-0.2, -0.15) is 0 Å². The van der Waals surface area contributed by atoms with Crippen molar-refractivity contribution in [1.82, 2.24) is 0 Å². The van der Waals surface area contributed by atoms with Gasteiger partial charge in [0, 0.05) is 32.5 Å². The van der Waals surface area contributed by atoms with E-state index < -0.39 is 0 Å². The normalized spacial score (nSPS) is 56.4. The van der Waals surface area contributed by atoms with Crippen molar-refractivity contribution in [3.63, 3.8) is 0 Å². The lowest BCUT2D eigenvalue weighted by atomic mass is 9.34. The van der Waals surface area contributed by atoms with E-state index in [1.807, 2.05) is 0 Å². The molecule has 4 nitrogen and oxygen atoms in total. The molecular formula is C32H56O4. The number of fused-ring (bicyclic) bond motifs is 2. The molecule has 5 unspecified atom stereocenters. The predicted octanol–water partition coefficient (Wildman–Crippen LogP) is 7.63. The number of hydrogen-bond acceptors (Lipinski definition) is 4. The van der Waals surface area contributed by atoms with Crippen LogP contribution >= 0.6 is 0 Å². The third kappa shape index (κ3) is 2.04. The molecule has 3 saturated heterocycles. The van der Waals surface area contributed by atoms with Crippen molar-refractivity contribution in [2.75, 3.05) is 13.2 Å². The van der Waals surface area contributed by atoms with Gasteiger partial charge in [-0.3, -0.25) is 0 Å². The van der Waals surface area contributed by atoms with E-state index in [-0.39, 0.29) is 72.0 Å². The maximum Gasteiger partial charge on any atom is 0.164 e. The maximum atomic E-state index is 7.10. The predicted molar refractivity (Wildman–Crippen MR) is 145 cm³/mol. The fourth-order valence-electron chi connectivity index (χ4n) is 10.8. The molecule has 3 heterocycles. The van der Waals surface area contributed by atoms with Crippen LogP contribution in [0.4, 0.5) is 0 Å². The number of rotatable bonds is 1. The molecule has 5 fully saturated rings. The Kier molecular flexibility index (Phi) is 4.65. The molecule has 0 aromatic heterocycles. The Hall–Kier alpha value is -0.160. The smallest absolute Gasteiger partial charge is 0.164 e. The molecule has 2 saturated carbocycles. The summed E-state index contributed by atoms with van der Waals surface area (Å²) in [6.45, 7) is 41.8. The first kappa shape index (κ1) is 27.4. The average molecular weight is 505 g/mol. The number of epoxide rings is 2. The third-order valence-corrected chi connectivity index (χ3v) is 16.9. The van der Waals surface area contributed by atoms with Gasteiger partial charge in [0.15, 0.2) is 6.29 Å². The average Bonchev–Trinajstić information content (AvgIpc) is 3.56. The van der Waals surface area contributed by atoms with Crippen LogP contribution in [0, 0.1) is 43.3 Å². The molecular weight excluding hydrogens is 448 g/mol. The summed E-state index contributed by atoms with van der Waals surface area (Å²) in [6, 6.07) is 0. The third-order valence-electron chi connectivity index (χ3n) is 16.9. The van der Waals surface area contributed by atoms with Crippen LogP contribution in [0.15, 0.2) is 0 Å². The van der Waals surface area contributed by atoms with Crippen molar-refractivity contribution in [3.05, 3.63) is 0 Å². The highest BCUT2D eigenvalue weighted by atomic mass is 16.7. The van der Waals surface area contributed by atoms with Crippen LogP contribution < -0.4 is 0 Å². The maximum absolute atomic E-state index is 7.10.